The van der Waals surface area contributed by atoms with Gasteiger partial charge in [-0.3, -0.25) is 14.5 Å². The molecule has 1 aromatic heterocycles. The molecule has 118 valence electrons. The van der Waals surface area contributed by atoms with E-state index in [1.54, 1.807) is 12.3 Å². The first kappa shape index (κ1) is 15.1. The third-order valence-electron chi connectivity index (χ3n) is 3.93. The fraction of sp³-hybridized carbons (Fsp3) is 0.533. The van der Waals surface area contributed by atoms with Gasteiger partial charge in [-0.05, 0) is 32.8 Å². The van der Waals surface area contributed by atoms with Crippen LogP contribution in [0.5, 0.6) is 0 Å². The number of pyridine rings is 1. The predicted molar refractivity (Wildman–Crippen MR) is 85.2 cm³/mol. The highest BCUT2D eigenvalue weighted by Gasteiger charge is 2.42. The number of rotatable bonds is 3. The molecule has 1 N–H and O–H groups in total. The highest BCUT2D eigenvalue weighted by molar-refractivity contribution is 6.31. The van der Waals surface area contributed by atoms with Crippen LogP contribution in [0.25, 0.3) is 0 Å². The maximum Gasteiger partial charge on any atom is 0.250 e. The van der Waals surface area contributed by atoms with E-state index in [0.717, 1.165) is 25.2 Å². The summed E-state index contributed by atoms with van der Waals surface area (Å²) in [4.78, 5) is 32.7. The molecule has 0 aromatic carbocycles. The number of nitrogens with one attached hydrogen (secondary N) is 1. The number of fused-ring (bicyclic) bond motifs is 3. The lowest BCUT2D eigenvalue weighted by Crippen LogP contribution is -2.54. The summed E-state index contributed by atoms with van der Waals surface area (Å²) in [5, 5.41) is 3.27. The third kappa shape index (κ3) is 2.63. The number of halogens is 1. The van der Waals surface area contributed by atoms with Crippen LogP contribution in [0.3, 0.4) is 0 Å². The molecular weight excluding hydrogens is 304 g/mol. The zero-order valence-electron chi connectivity index (χ0n) is 12.7. The van der Waals surface area contributed by atoms with E-state index in [0.29, 0.717) is 10.7 Å². The Balaban J connectivity index is 1.95. The fourth-order valence-corrected chi connectivity index (χ4v) is 3.24. The van der Waals surface area contributed by atoms with E-state index in [2.05, 4.69) is 10.3 Å². The van der Waals surface area contributed by atoms with Gasteiger partial charge in [0.2, 0.25) is 11.8 Å². The van der Waals surface area contributed by atoms with E-state index in [9.17, 15) is 9.59 Å². The minimum atomic E-state index is -0.215. The molecule has 6 nitrogen and oxygen atoms in total. The van der Waals surface area contributed by atoms with Gasteiger partial charge in [0.15, 0.2) is 5.82 Å². The number of aromatic nitrogens is 1. The second-order valence-electron chi connectivity index (χ2n) is 5.99. The van der Waals surface area contributed by atoms with Crippen molar-refractivity contribution in [3.8, 4) is 0 Å². The lowest BCUT2D eigenvalue weighted by molar-refractivity contribution is -0.124. The zero-order chi connectivity index (χ0) is 15.9. The summed E-state index contributed by atoms with van der Waals surface area (Å²) in [6, 6.07) is 1.53. The van der Waals surface area contributed by atoms with Crippen LogP contribution in [0, 0.1) is 0 Å². The maximum absolute atomic E-state index is 12.7. The molecule has 0 bridgehead atoms. The van der Waals surface area contributed by atoms with Crippen molar-refractivity contribution in [2.24, 2.45) is 0 Å². The van der Waals surface area contributed by atoms with Crippen LogP contribution in [-0.4, -0.2) is 42.0 Å². The molecule has 0 saturated carbocycles. The Hall–Kier alpha value is -1.82. The minimum Gasteiger partial charge on any atom is -0.352 e. The van der Waals surface area contributed by atoms with Crippen LogP contribution in [0.2, 0.25) is 5.02 Å². The molecule has 0 spiro atoms. The Kier molecular flexibility index (Phi) is 3.95. The number of hydrogen-bond acceptors (Lipinski definition) is 4. The molecule has 7 heteroatoms. The quantitative estimate of drug-likeness (QED) is 0.917. The molecule has 2 aliphatic heterocycles. The molecule has 3 heterocycles. The summed E-state index contributed by atoms with van der Waals surface area (Å²) in [5.41, 5.74) is 0.620. The zero-order valence-corrected chi connectivity index (χ0v) is 13.4. The molecule has 22 heavy (non-hydrogen) atoms. The maximum atomic E-state index is 12.7. The monoisotopic (exact) mass is 322 g/mol. The minimum absolute atomic E-state index is 0.00360. The molecule has 0 radical (unpaired) electrons. The van der Waals surface area contributed by atoms with Crippen LogP contribution >= 0.6 is 11.6 Å². The molecule has 1 atom stereocenters. The van der Waals surface area contributed by atoms with Gasteiger partial charge in [-0.25, -0.2) is 4.98 Å². The molecule has 1 unspecified atom stereocenters. The van der Waals surface area contributed by atoms with Gasteiger partial charge in [0.25, 0.3) is 0 Å². The summed E-state index contributed by atoms with van der Waals surface area (Å²) in [6.45, 7) is 4.59. The standard InChI is InChI=1S/C15H19ClN4O2/c1-9(2)18-13(21)8-20-12-6-10(16)7-17-14(12)19-5-3-4-11(19)15(20)22/h6-7,9,11H,3-5,8H2,1-2H3,(H,18,21). The molecule has 1 aromatic rings. The van der Waals surface area contributed by atoms with Crippen molar-refractivity contribution in [1.29, 1.82) is 0 Å². The number of nitrogens with zero attached hydrogens (tertiary/aromatic N) is 3. The first-order valence-corrected chi connectivity index (χ1v) is 7.88. The summed E-state index contributed by atoms with van der Waals surface area (Å²) in [6.07, 6.45) is 3.33. The molecule has 2 aliphatic rings. The summed E-state index contributed by atoms with van der Waals surface area (Å²) < 4.78 is 0. The van der Waals surface area contributed by atoms with Gasteiger partial charge in [-0.1, -0.05) is 11.6 Å². The predicted octanol–water partition coefficient (Wildman–Crippen LogP) is 1.57. The van der Waals surface area contributed by atoms with Gasteiger partial charge in [0.05, 0.1) is 10.7 Å². The average molecular weight is 323 g/mol. The van der Waals surface area contributed by atoms with E-state index in [1.165, 1.54) is 4.90 Å². The smallest absolute Gasteiger partial charge is 0.250 e. The molecular formula is C15H19ClN4O2. The summed E-state index contributed by atoms with van der Waals surface area (Å²) >= 11 is 6.03. The average Bonchev–Trinajstić information content (AvgIpc) is 2.92. The summed E-state index contributed by atoms with van der Waals surface area (Å²) in [5.74, 6) is 0.512. The Labute approximate surface area is 134 Å². The van der Waals surface area contributed by atoms with E-state index >= 15 is 0 Å². The molecule has 1 saturated heterocycles. The summed E-state index contributed by atoms with van der Waals surface area (Å²) in [7, 11) is 0. The van der Waals surface area contributed by atoms with Crippen molar-refractivity contribution in [3.05, 3.63) is 17.3 Å². The van der Waals surface area contributed by atoms with Crippen LogP contribution in [0.1, 0.15) is 26.7 Å². The number of carbonyl (C=O) groups is 2. The van der Waals surface area contributed by atoms with Crippen LogP contribution in [-0.2, 0) is 9.59 Å². The third-order valence-corrected chi connectivity index (χ3v) is 4.14. The van der Waals surface area contributed by atoms with E-state index in [4.69, 9.17) is 11.6 Å². The SMILES string of the molecule is CC(C)NC(=O)CN1C(=O)C2CCCN2c2ncc(Cl)cc21. The lowest BCUT2D eigenvalue weighted by atomic mass is 10.1. The Morgan fingerprint density at radius 3 is 3.05 bits per heavy atom. The molecule has 2 amide bonds. The van der Waals surface area contributed by atoms with Crippen molar-refractivity contribution in [2.75, 3.05) is 22.9 Å². The van der Waals surface area contributed by atoms with Crippen molar-refractivity contribution < 1.29 is 9.59 Å². The highest BCUT2D eigenvalue weighted by atomic mass is 35.5. The first-order chi connectivity index (χ1) is 10.5. The van der Waals surface area contributed by atoms with Gasteiger partial charge in [0.1, 0.15) is 12.6 Å². The van der Waals surface area contributed by atoms with E-state index < -0.39 is 0 Å². The van der Waals surface area contributed by atoms with Crippen molar-refractivity contribution in [1.82, 2.24) is 10.3 Å². The lowest BCUT2D eigenvalue weighted by Gasteiger charge is -2.38. The first-order valence-electron chi connectivity index (χ1n) is 7.50. The van der Waals surface area contributed by atoms with Crippen LogP contribution < -0.4 is 15.1 Å². The number of anilines is 2. The Morgan fingerprint density at radius 1 is 1.55 bits per heavy atom. The second-order valence-corrected chi connectivity index (χ2v) is 6.43. The Morgan fingerprint density at radius 2 is 2.32 bits per heavy atom. The van der Waals surface area contributed by atoms with Gasteiger partial charge in [-0.2, -0.15) is 0 Å². The van der Waals surface area contributed by atoms with E-state index in [-0.39, 0.29) is 30.4 Å². The number of amides is 2. The molecule has 3 rings (SSSR count). The van der Waals surface area contributed by atoms with Gasteiger partial charge < -0.3 is 10.2 Å². The normalized spacial score (nSPS) is 20.2. The van der Waals surface area contributed by atoms with Crippen molar-refractivity contribution >= 4 is 34.9 Å². The largest absolute Gasteiger partial charge is 0.352 e. The van der Waals surface area contributed by atoms with Crippen LogP contribution in [0.4, 0.5) is 11.5 Å². The van der Waals surface area contributed by atoms with Crippen molar-refractivity contribution in [3.63, 3.8) is 0 Å². The van der Waals surface area contributed by atoms with E-state index in [1.807, 2.05) is 18.7 Å². The number of hydrogen-bond donors (Lipinski definition) is 1. The van der Waals surface area contributed by atoms with Gasteiger partial charge in [-0.15, -0.1) is 0 Å². The fourth-order valence-electron chi connectivity index (χ4n) is 3.09. The van der Waals surface area contributed by atoms with Gasteiger partial charge in [0, 0.05) is 18.8 Å². The molecule has 1 fully saturated rings. The number of carbonyl (C=O) groups excluding carboxylic acids is 2. The van der Waals surface area contributed by atoms with Crippen LogP contribution in [0.15, 0.2) is 12.3 Å². The van der Waals surface area contributed by atoms with Crippen molar-refractivity contribution in [2.45, 2.75) is 38.8 Å². The van der Waals surface area contributed by atoms with Gasteiger partial charge >= 0.3 is 0 Å². The second kappa shape index (κ2) is 5.76. The topological polar surface area (TPSA) is 65.5 Å². The highest BCUT2D eigenvalue weighted by Crippen LogP contribution is 2.39. The molecule has 0 aliphatic carbocycles. The Bertz CT molecular complexity index is 620.